The molecule has 0 saturated carbocycles. The molecule has 0 unspecified atom stereocenters. The second-order valence-electron chi connectivity index (χ2n) is 6.05. The Bertz CT molecular complexity index is 694. The summed E-state index contributed by atoms with van der Waals surface area (Å²) in [5.74, 6) is -0.946. The first-order valence-corrected chi connectivity index (χ1v) is 8.66. The van der Waals surface area contributed by atoms with Crippen molar-refractivity contribution < 1.29 is 9.90 Å². The topological polar surface area (TPSA) is 65.3 Å². The van der Waals surface area contributed by atoms with Gasteiger partial charge in [0.05, 0.1) is 16.9 Å². The van der Waals surface area contributed by atoms with Crippen LogP contribution < -0.4 is 4.90 Å². The highest BCUT2D eigenvalue weighted by Crippen LogP contribution is 2.22. The average Bonchev–Trinajstić information content (AvgIpc) is 2.64. The van der Waals surface area contributed by atoms with E-state index in [4.69, 9.17) is 5.11 Å². The Morgan fingerprint density at radius 3 is 2.00 bits per heavy atom. The van der Waals surface area contributed by atoms with Crippen LogP contribution >= 0.6 is 0 Å². The van der Waals surface area contributed by atoms with Crippen molar-refractivity contribution in [3.05, 3.63) is 54.1 Å². The minimum Gasteiger partial charge on any atom is -0.478 e. The van der Waals surface area contributed by atoms with Crippen molar-refractivity contribution in [2.75, 3.05) is 18.5 Å². The number of unbranched alkanes of at least 4 members (excludes halogenated alkanes) is 3. The van der Waals surface area contributed by atoms with Crippen molar-refractivity contribution >= 4 is 23.0 Å². The summed E-state index contributed by atoms with van der Waals surface area (Å²) < 4.78 is 0. The SMILES string of the molecule is CCCCCCN(C)c1ccc(N=Nc2ccc(C(=O)O)cc2)cc1. The van der Waals surface area contributed by atoms with Crippen LogP contribution in [0, 0.1) is 0 Å². The molecule has 0 radical (unpaired) electrons. The molecule has 2 aromatic rings. The number of aromatic carboxylic acids is 1. The molecule has 0 aliphatic carbocycles. The molecule has 0 saturated heterocycles. The Morgan fingerprint density at radius 1 is 0.920 bits per heavy atom. The van der Waals surface area contributed by atoms with Gasteiger partial charge in [-0.25, -0.2) is 4.79 Å². The van der Waals surface area contributed by atoms with Gasteiger partial charge in [-0.3, -0.25) is 0 Å². The van der Waals surface area contributed by atoms with Crippen LogP contribution in [0.4, 0.5) is 17.1 Å². The summed E-state index contributed by atoms with van der Waals surface area (Å²) >= 11 is 0. The first-order chi connectivity index (χ1) is 12.1. The van der Waals surface area contributed by atoms with E-state index in [1.54, 1.807) is 12.1 Å². The van der Waals surface area contributed by atoms with Crippen molar-refractivity contribution in [1.29, 1.82) is 0 Å². The van der Waals surface area contributed by atoms with E-state index < -0.39 is 5.97 Å². The van der Waals surface area contributed by atoms with Gasteiger partial charge < -0.3 is 10.0 Å². The van der Waals surface area contributed by atoms with Gasteiger partial charge in [-0.15, -0.1) is 0 Å². The largest absolute Gasteiger partial charge is 0.478 e. The molecule has 132 valence electrons. The van der Waals surface area contributed by atoms with Gasteiger partial charge in [0.2, 0.25) is 0 Å². The highest BCUT2D eigenvalue weighted by atomic mass is 16.4. The molecule has 2 aromatic carbocycles. The normalized spacial score (nSPS) is 11.0. The Labute approximate surface area is 149 Å². The summed E-state index contributed by atoms with van der Waals surface area (Å²) in [6.45, 7) is 3.27. The van der Waals surface area contributed by atoms with Gasteiger partial charge in [-0.2, -0.15) is 10.2 Å². The molecule has 0 aliphatic heterocycles. The van der Waals surface area contributed by atoms with Crippen molar-refractivity contribution in [3.63, 3.8) is 0 Å². The van der Waals surface area contributed by atoms with Gasteiger partial charge in [0.1, 0.15) is 0 Å². The molecule has 0 aliphatic rings. The van der Waals surface area contributed by atoms with E-state index >= 15 is 0 Å². The number of benzene rings is 2. The van der Waals surface area contributed by atoms with Crippen LogP contribution in [0.15, 0.2) is 58.8 Å². The predicted octanol–water partition coefficient (Wildman–Crippen LogP) is 5.82. The highest BCUT2D eigenvalue weighted by molar-refractivity contribution is 5.87. The highest BCUT2D eigenvalue weighted by Gasteiger charge is 2.02. The van der Waals surface area contributed by atoms with Crippen molar-refractivity contribution in [3.8, 4) is 0 Å². The number of hydrogen-bond donors (Lipinski definition) is 1. The van der Waals surface area contributed by atoms with Crippen LogP contribution in [0.5, 0.6) is 0 Å². The van der Waals surface area contributed by atoms with E-state index in [1.165, 1.54) is 43.5 Å². The quantitative estimate of drug-likeness (QED) is 0.462. The van der Waals surface area contributed by atoms with E-state index in [9.17, 15) is 4.79 Å². The van der Waals surface area contributed by atoms with Crippen LogP contribution in [-0.4, -0.2) is 24.7 Å². The van der Waals surface area contributed by atoms with Crippen LogP contribution in [-0.2, 0) is 0 Å². The molecule has 0 atom stereocenters. The maximum atomic E-state index is 10.8. The third-order valence-corrected chi connectivity index (χ3v) is 4.03. The van der Waals surface area contributed by atoms with Crippen LogP contribution in [0.2, 0.25) is 0 Å². The first kappa shape index (κ1) is 18.6. The molecule has 0 heterocycles. The smallest absolute Gasteiger partial charge is 0.335 e. The van der Waals surface area contributed by atoms with E-state index in [-0.39, 0.29) is 5.56 Å². The number of carbonyl (C=O) groups is 1. The Morgan fingerprint density at radius 2 is 1.48 bits per heavy atom. The average molecular weight is 339 g/mol. The molecule has 2 rings (SSSR count). The molecule has 0 spiro atoms. The molecule has 0 bridgehead atoms. The maximum absolute atomic E-state index is 10.8. The first-order valence-electron chi connectivity index (χ1n) is 8.66. The number of carboxylic acids is 1. The fraction of sp³-hybridized carbons (Fsp3) is 0.350. The molecular formula is C20H25N3O2. The lowest BCUT2D eigenvalue weighted by Gasteiger charge is -2.19. The molecule has 5 nitrogen and oxygen atoms in total. The summed E-state index contributed by atoms with van der Waals surface area (Å²) in [4.78, 5) is 13.1. The fourth-order valence-electron chi connectivity index (χ4n) is 2.46. The lowest BCUT2D eigenvalue weighted by Crippen LogP contribution is -2.18. The Kier molecular flexibility index (Phi) is 7.14. The summed E-state index contributed by atoms with van der Waals surface area (Å²) in [6.07, 6.45) is 5.02. The van der Waals surface area contributed by atoms with Crippen molar-refractivity contribution in [2.24, 2.45) is 10.2 Å². The number of nitrogens with zero attached hydrogens (tertiary/aromatic N) is 3. The summed E-state index contributed by atoms with van der Waals surface area (Å²) in [5.41, 5.74) is 2.80. The number of azo groups is 1. The fourth-order valence-corrected chi connectivity index (χ4v) is 2.46. The second kappa shape index (κ2) is 9.57. The molecule has 0 fully saturated rings. The maximum Gasteiger partial charge on any atom is 0.335 e. The summed E-state index contributed by atoms with van der Waals surface area (Å²) in [5, 5.41) is 17.2. The standard InChI is InChI=1S/C20H25N3O2/c1-3-4-5-6-15-23(2)19-13-11-18(12-14-19)22-21-17-9-7-16(8-10-17)20(24)25/h7-14H,3-6,15H2,1-2H3,(H,24,25). The minimum absolute atomic E-state index is 0.241. The van der Waals surface area contributed by atoms with Crippen LogP contribution in [0.1, 0.15) is 43.0 Å². The van der Waals surface area contributed by atoms with Crippen molar-refractivity contribution in [1.82, 2.24) is 0 Å². The number of hydrogen-bond acceptors (Lipinski definition) is 4. The lowest BCUT2D eigenvalue weighted by atomic mass is 10.2. The van der Waals surface area contributed by atoms with Gasteiger partial charge in [0.15, 0.2) is 0 Å². The number of anilines is 1. The van der Waals surface area contributed by atoms with Crippen molar-refractivity contribution in [2.45, 2.75) is 32.6 Å². The van der Waals surface area contributed by atoms with Gasteiger partial charge >= 0.3 is 5.97 Å². The van der Waals surface area contributed by atoms with Gasteiger partial charge in [0, 0.05) is 19.3 Å². The monoisotopic (exact) mass is 339 g/mol. The third-order valence-electron chi connectivity index (χ3n) is 4.03. The molecule has 5 heteroatoms. The molecule has 25 heavy (non-hydrogen) atoms. The Balaban J connectivity index is 1.91. The van der Waals surface area contributed by atoms with Gasteiger partial charge in [-0.1, -0.05) is 26.2 Å². The molecule has 1 N–H and O–H groups in total. The molecule has 0 amide bonds. The van der Waals surface area contributed by atoms with Gasteiger partial charge in [0.25, 0.3) is 0 Å². The molecular weight excluding hydrogens is 314 g/mol. The van der Waals surface area contributed by atoms with E-state index in [1.807, 2.05) is 24.3 Å². The zero-order chi connectivity index (χ0) is 18.1. The zero-order valence-corrected chi connectivity index (χ0v) is 14.9. The summed E-state index contributed by atoms with van der Waals surface area (Å²) in [6, 6.07) is 14.3. The summed E-state index contributed by atoms with van der Waals surface area (Å²) in [7, 11) is 2.10. The number of rotatable bonds is 9. The zero-order valence-electron chi connectivity index (χ0n) is 14.9. The van der Waals surface area contributed by atoms with E-state index in [0.717, 1.165) is 12.2 Å². The lowest BCUT2D eigenvalue weighted by molar-refractivity contribution is 0.0697. The molecule has 0 aromatic heterocycles. The van der Waals surface area contributed by atoms with E-state index in [0.29, 0.717) is 5.69 Å². The van der Waals surface area contributed by atoms with Crippen LogP contribution in [0.25, 0.3) is 0 Å². The second-order valence-corrected chi connectivity index (χ2v) is 6.05. The Hall–Kier alpha value is -2.69. The predicted molar refractivity (Wildman–Crippen MR) is 101 cm³/mol. The van der Waals surface area contributed by atoms with Gasteiger partial charge in [-0.05, 0) is 55.0 Å². The van der Waals surface area contributed by atoms with E-state index in [2.05, 4.69) is 29.1 Å². The number of carboxylic acid groups (broad SMARTS) is 1. The minimum atomic E-state index is -0.946. The van der Waals surface area contributed by atoms with Crippen LogP contribution in [0.3, 0.4) is 0 Å². The third kappa shape index (κ3) is 6.03.